The molecule has 0 rings (SSSR count). The minimum atomic E-state index is -1.14. The molecule has 0 fully saturated rings. The first kappa shape index (κ1) is 15.4. The van der Waals surface area contributed by atoms with E-state index in [2.05, 4.69) is 0 Å². The van der Waals surface area contributed by atoms with Crippen LogP contribution in [0.5, 0.6) is 0 Å². The number of aliphatic carboxylic acids is 1. The van der Waals surface area contributed by atoms with Gasteiger partial charge in [0.2, 0.25) is 11.8 Å². The van der Waals surface area contributed by atoms with Crippen LogP contribution in [-0.2, 0) is 14.4 Å². The van der Waals surface area contributed by atoms with Crippen LogP contribution in [0.4, 0.5) is 0 Å². The molecule has 0 aliphatic carbocycles. The van der Waals surface area contributed by atoms with Crippen LogP contribution < -0.4 is 5.73 Å². The minimum Gasteiger partial charge on any atom is -0.481 e. The fourth-order valence-corrected chi connectivity index (χ4v) is 1.16. The normalized spacial score (nSPS) is 11.8. The van der Waals surface area contributed by atoms with Gasteiger partial charge in [-0.3, -0.25) is 14.4 Å². The summed E-state index contributed by atoms with van der Waals surface area (Å²) in [5.41, 5.74) is 5.45. The van der Waals surface area contributed by atoms with Crippen LogP contribution in [-0.4, -0.2) is 65.9 Å². The van der Waals surface area contributed by atoms with Crippen molar-refractivity contribution in [2.75, 3.05) is 27.2 Å². The molecule has 1 unspecified atom stereocenters. The van der Waals surface area contributed by atoms with Crippen molar-refractivity contribution >= 4 is 17.8 Å². The van der Waals surface area contributed by atoms with Crippen molar-refractivity contribution in [3.05, 3.63) is 0 Å². The topological polar surface area (TPSA) is 104 Å². The van der Waals surface area contributed by atoms with E-state index in [1.54, 1.807) is 21.0 Å². The number of rotatable bonds is 6. The fourth-order valence-electron chi connectivity index (χ4n) is 1.16. The van der Waals surface area contributed by atoms with E-state index < -0.39 is 24.3 Å². The van der Waals surface area contributed by atoms with Crippen molar-refractivity contribution in [3.63, 3.8) is 0 Å². The van der Waals surface area contributed by atoms with Crippen LogP contribution in [0.15, 0.2) is 0 Å². The standard InChI is InChI=1S/C10H19N3O4/c1-4-13(6-8(14)12(2)3)10(17)7(11)5-9(15)16/h7H,4-6,11H2,1-3H3,(H,15,16). The number of amides is 2. The first-order valence-electron chi connectivity index (χ1n) is 5.25. The van der Waals surface area contributed by atoms with Gasteiger partial charge in [0, 0.05) is 20.6 Å². The summed E-state index contributed by atoms with van der Waals surface area (Å²) >= 11 is 0. The molecular weight excluding hydrogens is 226 g/mol. The lowest BCUT2D eigenvalue weighted by atomic mass is 10.2. The van der Waals surface area contributed by atoms with Crippen molar-refractivity contribution in [3.8, 4) is 0 Å². The molecule has 7 nitrogen and oxygen atoms in total. The summed E-state index contributed by atoms with van der Waals surface area (Å²) in [5.74, 6) is -1.89. The highest BCUT2D eigenvalue weighted by Crippen LogP contribution is 1.99. The maximum atomic E-state index is 11.7. The van der Waals surface area contributed by atoms with Crippen LogP contribution in [0.3, 0.4) is 0 Å². The zero-order chi connectivity index (χ0) is 13.6. The summed E-state index contributed by atoms with van der Waals surface area (Å²) in [6.07, 6.45) is -0.439. The highest BCUT2D eigenvalue weighted by molar-refractivity contribution is 5.89. The van der Waals surface area contributed by atoms with Crippen LogP contribution >= 0.6 is 0 Å². The lowest BCUT2D eigenvalue weighted by Crippen LogP contribution is -2.48. The number of likely N-dealkylation sites (N-methyl/N-ethyl adjacent to an activating group) is 2. The number of carbonyl (C=O) groups is 3. The molecule has 0 saturated heterocycles. The Labute approximate surface area is 100 Å². The molecule has 17 heavy (non-hydrogen) atoms. The van der Waals surface area contributed by atoms with Gasteiger partial charge in [-0.15, -0.1) is 0 Å². The SMILES string of the molecule is CCN(CC(=O)N(C)C)C(=O)C(N)CC(=O)O. The first-order valence-corrected chi connectivity index (χ1v) is 5.25. The Kier molecular flexibility index (Phi) is 6.19. The summed E-state index contributed by atoms with van der Waals surface area (Å²) in [5, 5.41) is 8.53. The second-order valence-electron chi connectivity index (χ2n) is 3.84. The number of carboxylic acid groups (broad SMARTS) is 1. The summed E-state index contributed by atoms with van der Waals surface area (Å²) in [7, 11) is 3.16. The van der Waals surface area contributed by atoms with Gasteiger partial charge in [0.15, 0.2) is 0 Å². The van der Waals surface area contributed by atoms with Gasteiger partial charge >= 0.3 is 5.97 Å². The highest BCUT2D eigenvalue weighted by Gasteiger charge is 2.24. The van der Waals surface area contributed by atoms with Crippen molar-refractivity contribution in [2.24, 2.45) is 5.73 Å². The number of hydrogen-bond acceptors (Lipinski definition) is 4. The van der Waals surface area contributed by atoms with Crippen molar-refractivity contribution in [1.29, 1.82) is 0 Å². The van der Waals surface area contributed by atoms with Gasteiger partial charge in [-0.2, -0.15) is 0 Å². The lowest BCUT2D eigenvalue weighted by molar-refractivity contribution is -0.143. The van der Waals surface area contributed by atoms with E-state index in [9.17, 15) is 14.4 Å². The molecule has 98 valence electrons. The third-order valence-electron chi connectivity index (χ3n) is 2.23. The highest BCUT2D eigenvalue weighted by atomic mass is 16.4. The molecule has 3 N–H and O–H groups in total. The van der Waals surface area contributed by atoms with E-state index >= 15 is 0 Å². The molecule has 0 saturated carbocycles. The maximum absolute atomic E-state index is 11.7. The van der Waals surface area contributed by atoms with Gasteiger partial charge < -0.3 is 20.6 Å². The first-order chi connectivity index (χ1) is 7.79. The maximum Gasteiger partial charge on any atom is 0.305 e. The minimum absolute atomic E-state index is 0.0876. The molecule has 0 aromatic rings. The smallest absolute Gasteiger partial charge is 0.305 e. The second-order valence-corrected chi connectivity index (χ2v) is 3.84. The zero-order valence-corrected chi connectivity index (χ0v) is 10.3. The Morgan fingerprint density at radius 2 is 1.82 bits per heavy atom. The van der Waals surface area contributed by atoms with Crippen LogP contribution in [0.25, 0.3) is 0 Å². The Morgan fingerprint density at radius 3 is 2.18 bits per heavy atom. The van der Waals surface area contributed by atoms with Crippen LogP contribution in [0.1, 0.15) is 13.3 Å². The predicted molar refractivity (Wildman–Crippen MR) is 61.2 cm³/mol. The van der Waals surface area contributed by atoms with E-state index in [1.165, 1.54) is 9.80 Å². The van der Waals surface area contributed by atoms with E-state index in [1.807, 2.05) is 0 Å². The number of carbonyl (C=O) groups excluding carboxylic acids is 2. The summed E-state index contributed by atoms with van der Waals surface area (Å²) in [6.45, 7) is 1.93. The molecule has 1 atom stereocenters. The zero-order valence-electron chi connectivity index (χ0n) is 10.3. The molecule has 0 heterocycles. The van der Waals surface area contributed by atoms with Gasteiger partial charge in [0.05, 0.1) is 19.0 Å². The number of nitrogens with zero attached hydrogens (tertiary/aromatic N) is 2. The number of hydrogen-bond donors (Lipinski definition) is 2. The van der Waals surface area contributed by atoms with E-state index in [4.69, 9.17) is 10.8 Å². The summed E-state index contributed by atoms with van der Waals surface area (Å²) in [4.78, 5) is 36.2. The quantitative estimate of drug-likeness (QED) is 0.607. The molecule has 0 radical (unpaired) electrons. The lowest BCUT2D eigenvalue weighted by Gasteiger charge is -2.24. The Morgan fingerprint density at radius 1 is 1.29 bits per heavy atom. The summed E-state index contributed by atoms with van der Waals surface area (Å²) in [6, 6.07) is -1.11. The second kappa shape index (κ2) is 6.85. The molecule has 2 amide bonds. The number of carboxylic acids is 1. The average molecular weight is 245 g/mol. The fraction of sp³-hybridized carbons (Fsp3) is 0.700. The monoisotopic (exact) mass is 245 g/mol. The number of nitrogens with two attached hydrogens (primary N) is 1. The molecule has 0 bridgehead atoms. The van der Waals surface area contributed by atoms with Crippen LogP contribution in [0, 0.1) is 0 Å². The molecule has 7 heteroatoms. The van der Waals surface area contributed by atoms with Gasteiger partial charge in [0.25, 0.3) is 0 Å². The molecule has 0 aromatic carbocycles. The van der Waals surface area contributed by atoms with Gasteiger partial charge in [0.1, 0.15) is 0 Å². The van der Waals surface area contributed by atoms with Gasteiger partial charge in [-0.05, 0) is 6.92 Å². The van der Waals surface area contributed by atoms with Crippen LogP contribution in [0.2, 0.25) is 0 Å². The Hall–Kier alpha value is -1.63. The molecule has 0 aliphatic rings. The Balaban J connectivity index is 4.50. The molecule has 0 aliphatic heterocycles. The van der Waals surface area contributed by atoms with Gasteiger partial charge in [-0.25, -0.2) is 0 Å². The van der Waals surface area contributed by atoms with E-state index in [-0.39, 0.29) is 12.5 Å². The average Bonchev–Trinajstić information content (AvgIpc) is 2.23. The van der Waals surface area contributed by atoms with Crippen molar-refractivity contribution in [2.45, 2.75) is 19.4 Å². The van der Waals surface area contributed by atoms with E-state index in [0.29, 0.717) is 6.54 Å². The largest absolute Gasteiger partial charge is 0.481 e. The third-order valence-corrected chi connectivity index (χ3v) is 2.23. The van der Waals surface area contributed by atoms with E-state index in [0.717, 1.165) is 0 Å². The van der Waals surface area contributed by atoms with Crippen molar-refractivity contribution < 1.29 is 19.5 Å². The molecular formula is C10H19N3O4. The Bertz CT molecular complexity index is 304. The third kappa shape index (κ3) is 5.30. The predicted octanol–water partition coefficient (Wildman–Crippen LogP) is -1.27. The molecule has 0 spiro atoms. The summed E-state index contributed by atoms with van der Waals surface area (Å²) < 4.78 is 0. The van der Waals surface area contributed by atoms with Crippen molar-refractivity contribution in [1.82, 2.24) is 9.80 Å². The van der Waals surface area contributed by atoms with Gasteiger partial charge in [-0.1, -0.05) is 0 Å². The molecule has 0 aromatic heterocycles.